The molecule has 1 aromatic rings. The van der Waals surface area contributed by atoms with Crippen LogP contribution < -0.4 is 9.16 Å². The second-order valence-corrected chi connectivity index (χ2v) is 14.2. The Bertz CT molecular complexity index is 703. The highest BCUT2D eigenvalue weighted by atomic mass is 28.4. The fourth-order valence-electron chi connectivity index (χ4n) is 4.32. The highest BCUT2D eigenvalue weighted by Crippen LogP contribution is 2.45. The Balaban J connectivity index is 3.36. The van der Waals surface area contributed by atoms with Crippen molar-refractivity contribution in [2.45, 2.75) is 78.4 Å². The average molecular weight is 451 g/mol. The molecule has 0 aromatic heterocycles. The lowest BCUT2D eigenvalue weighted by Crippen LogP contribution is -2.50. The molecule has 0 radical (unpaired) electrons. The van der Waals surface area contributed by atoms with Crippen LogP contribution in [0.25, 0.3) is 5.57 Å². The van der Waals surface area contributed by atoms with Crippen molar-refractivity contribution < 1.29 is 23.4 Å². The molecule has 1 aromatic carbocycles. The van der Waals surface area contributed by atoms with Gasteiger partial charge in [0.25, 0.3) is 8.32 Å². The van der Waals surface area contributed by atoms with Crippen molar-refractivity contribution in [2.24, 2.45) is 0 Å². The Kier molecular flexibility index (Phi) is 11.3. The Hall–Kier alpha value is -1.79. The van der Waals surface area contributed by atoms with Crippen molar-refractivity contribution in [2.75, 3.05) is 26.9 Å². The first kappa shape index (κ1) is 27.2. The molecule has 0 fully saturated rings. The van der Waals surface area contributed by atoms with Crippen molar-refractivity contribution in [3.63, 3.8) is 0 Å². The molecule has 1 rings (SSSR count). The smallest absolute Gasteiger partial charge is 0.331 e. The number of hydrogen-bond donors (Lipinski definition) is 0. The van der Waals surface area contributed by atoms with E-state index in [0.29, 0.717) is 42.2 Å². The summed E-state index contributed by atoms with van der Waals surface area (Å²) in [5, 5.41) is 0. The number of benzene rings is 1. The summed E-state index contributed by atoms with van der Waals surface area (Å²) in [7, 11) is -0.442. The maximum Gasteiger partial charge on any atom is 0.331 e. The van der Waals surface area contributed by atoms with E-state index >= 15 is 0 Å². The summed E-state index contributed by atoms with van der Waals surface area (Å²) < 4.78 is 23.2. The number of carbonyl (C=O) groups excluding carboxylic acids is 1. The number of allylic oxidation sites excluding steroid dienone is 1. The number of rotatable bonds is 13. The van der Waals surface area contributed by atoms with Gasteiger partial charge in [0.05, 0.1) is 13.2 Å². The molecule has 0 amide bonds. The lowest BCUT2D eigenvalue weighted by atomic mass is 10.1. The molecule has 5 nitrogen and oxygen atoms in total. The summed E-state index contributed by atoms with van der Waals surface area (Å²) in [4.78, 5) is 11.9. The number of ether oxygens (including phenoxy) is 3. The standard InChI is InChI=1S/C25H42O5Si/c1-10-28-25(26)16-21(8)22-12-13-23(24(17-22)29-15-11-14-27-9)30-31(18(2)3,19(4)5)20(6)7/h12-13,16-20H,10-11,14-15H2,1-9H3. The largest absolute Gasteiger partial charge is 0.540 e. The summed E-state index contributed by atoms with van der Waals surface area (Å²) in [6.45, 7) is 18.8. The van der Waals surface area contributed by atoms with Gasteiger partial charge in [0, 0.05) is 26.2 Å². The highest BCUT2D eigenvalue weighted by molar-refractivity contribution is 6.78. The molecule has 0 aliphatic heterocycles. The van der Waals surface area contributed by atoms with E-state index in [4.69, 9.17) is 18.6 Å². The van der Waals surface area contributed by atoms with Gasteiger partial charge in [-0.2, -0.15) is 0 Å². The topological polar surface area (TPSA) is 54.0 Å². The first-order chi connectivity index (χ1) is 14.6. The van der Waals surface area contributed by atoms with Crippen LogP contribution in [0, 0.1) is 0 Å². The first-order valence-electron chi connectivity index (χ1n) is 11.4. The van der Waals surface area contributed by atoms with Crippen LogP contribution in [0.3, 0.4) is 0 Å². The fraction of sp³-hybridized carbons (Fsp3) is 0.640. The van der Waals surface area contributed by atoms with Crippen molar-refractivity contribution in [3.8, 4) is 11.5 Å². The lowest BCUT2D eigenvalue weighted by Gasteiger charge is -2.42. The van der Waals surface area contributed by atoms with Crippen LogP contribution in [0.4, 0.5) is 0 Å². The Morgan fingerprint density at radius 3 is 2.13 bits per heavy atom. The summed E-state index contributed by atoms with van der Waals surface area (Å²) in [5.41, 5.74) is 3.11. The van der Waals surface area contributed by atoms with E-state index in [-0.39, 0.29) is 5.97 Å². The number of methoxy groups -OCH3 is 1. The van der Waals surface area contributed by atoms with Gasteiger partial charge in [-0.15, -0.1) is 0 Å². The van der Waals surface area contributed by atoms with Gasteiger partial charge in [-0.05, 0) is 53.7 Å². The van der Waals surface area contributed by atoms with Crippen LogP contribution >= 0.6 is 0 Å². The van der Waals surface area contributed by atoms with Crippen molar-refractivity contribution in [3.05, 3.63) is 29.8 Å². The molecule has 0 aliphatic carbocycles. The van der Waals surface area contributed by atoms with Gasteiger partial charge in [-0.25, -0.2) is 4.79 Å². The molecule has 0 spiro atoms. The van der Waals surface area contributed by atoms with Crippen molar-refractivity contribution in [1.29, 1.82) is 0 Å². The van der Waals surface area contributed by atoms with E-state index < -0.39 is 8.32 Å². The minimum atomic E-state index is -2.13. The molecule has 0 heterocycles. The number of carbonyl (C=O) groups is 1. The summed E-state index contributed by atoms with van der Waals surface area (Å²) in [5.74, 6) is 1.16. The fourth-order valence-corrected chi connectivity index (χ4v) is 9.58. The van der Waals surface area contributed by atoms with Gasteiger partial charge in [-0.1, -0.05) is 47.6 Å². The maximum atomic E-state index is 11.9. The molecule has 0 bridgehead atoms. The molecule has 0 saturated heterocycles. The minimum Gasteiger partial charge on any atom is -0.540 e. The molecular weight excluding hydrogens is 408 g/mol. The second kappa shape index (κ2) is 12.9. The average Bonchev–Trinajstić information content (AvgIpc) is 2.69. The summed E-state index contributed by atoms with van der Waals surface area (Å²) >= 11 is 0. The molecular formula is C25H42O5Si. The predicted octanol–water partition coefficient (Wildman–Crippen LogP) is 6.62. The van der Waals surface area contributed by atoms with Crippen LogP contribution in [0.15, 0.2) is 24.3 Å². The van der Waals surface area contributed by atoms with Crippen LogP contribution in [0.2, 0.25) is 16.6 Å². The molecule has 6 heteroatoms. The zero-order chi connectivity index (χ0) is 23.6. The van der Waals surface area contributed by atoms with Crippen LogP contribution in [0.5, 0.6) is 11.5 Å². The van der Waals surface area contributed by atoms with Gasteiger partial charge >= 0.3 is 5.97 Å². The molecule has 0 atom stereocenters. The van der Waals surface area contributed by atoms with E-state index in [0.717, 1.165) is 23.3 Å². The zero-order valence-electron chi connectivity index (χ0n) is 20.9. The van der Waals surface area contributed by atoms with Gasteiger partial charge in [-0.3, -0.25) is 0 Å². The Morgan fingerprint density at radius 2 is 1.61 bits per heavy atom. The maximum absolute atomic E-state index is 11.9. The lowest BCUT2D eigenvalue weighted by molar-refractivity contribution is -0.137. The van der Waals surface area contributed by atoms with Crippen LogP contribution in [-0.4, -0.2) is 41.2 Å². The van der Waals surface area contributed by atoms with Gasteiger partial charge in [0.2, 0.25) is 0 Å². The molecule has 176 valence electrons. The normalized spacial score (nSPS) is 12.6. The first-order valence-corrected chi connectivity index (χ1v) is 13.5. The molecule has 0 saturated carbocycles. The van der Waals surface area contributed by atoms with Crippen molar-refractivity contribution in [1.82, 2.24) is 0 Å². The molecule has 0 unspecified atom stereocenters. The molecule has 0 N–H and O–H groups in total. The summed E-state index contributed by atoms with van der Waals surface area (Å²) in [6, 6.07) is 5.94. The van der Waals surface area contributed by atoms with Gasteiger partial charge in [0.1, 0.15) is 5.75 Å². The highest BCUT2D eigenvalue weighted by Gasteiger charge is 2.47. The SMILES string of the molecule is CCOC(=O)C=C(C)c1ccc(O[Si](C(C)C)(C(C)C)C(C)C)c(OCCCOC)c1. The number of esters is 1. The molecule has 0 aliphatic rings. The Morgan fingerprint density at radius 1 is 1.00 bits per heavy atom. The third-order valence-electron chi connectivity index (χ3n) is 5.76. The monoisotopic (exact) mass is 450 g/mol. The minimum absolute atomic E-state index is 0.339. The summed E-state index contributed by atoms with van der Waals surface area (Å²) in [6.07, 6.45) is 2.31. The van der Waals surface area contributed by atoms with E-state index in [1.807, 2.05) is 25.1 Å². The van der Waals surface area contributed by atoms with Crippen LogP contribution in [-0.2, 0) is 14.3 Å². The third-order valence-corrected chi connectivity index (χ3v) is 11.8. The van der Waals surface area contributed by atoms with Crippen LogP contribution in [0.1, 0.15) is 67.4 Å². The van der Waals surface area contributed by atoms with E-state index in [1.165, 1.54) is 6.08 Å². The Labute approximate surface area is 190 Å². The number of hydrogen-bond acceptors (Lipinski definition) is 5. The molecule has 31 heavy (non-hydrogen) atoms. The second-order valence-electron chi connectivity index (χ2n) is 8.86. The van der Waals surface area contributed by atoms with Crippen molar-refractivity contribution >= 4 is 19.9 Å². The zero-order valence-corrected chi connectivity index (χ0v) is 21.9. The third kappa shape index (κ3) is 7.39. The van der Waals surface area contributed by atoms with E-state index in [2.05, 4.69) is 41.5 Å². The van der Waals surface area contributed by atoms with E-state index in [1.54, 1.807) is 14.0 Å². The van der Waals surface area contributed by atoms with E-state index in [9.17, 15) is 4.79 Å². The van der Waals surface area contributed by atoms with Gasteiger partial charge < -0.3 is 18.6 Å². The van der Waals surface area contributed by atoms with Gasteiger partial charge in [0.15, 0.2) is 5.75 Å². The quantitative estimate of drug-likeness (QED) is 0.146. The predicted molar refractivity (Wildman–Crippen MR) is 130 cm³/mol.